The molecule has 9 nitrogen and oxygen atoms in total. The van der Waals surface area contributed by atoms with Gasteiger partial charge in [-0.3, -0.25) is 14.5 Å². The number of unbranched alkanes of at least 4 members (excludes halogenated alkanes) is 1. The molecule has 42 heavy (non-hydrogen) atoms. The van der Waals surface area contributed by atoms with Gasteiger partial charge in [0.1, 0.15) is 0 Å². The molecule has 0 bridgehead atoms. The highest BCUT2D eigenvalue weighted by molar-refractivity contribution is 5.95. The maximum absolute atomic E-state index is 14.1. The second-order valence-corrected chi connectivity index (χ2v) is 12.3. The van der Waals surface area contributed by atoms with Gasteiger partial charge >= 0.3 is 5.97 Å². The van der Waals surface area contributed by atoms with E-state index in [1.165, 1.54) is 0 Å². The normalized spacial score (nSPS) is 20.1. The van der Waals surface area contributed by atoms with Gasteiger partial charge in [0.15, 0.2) is 11.5 Å². The number of carbonyl (C=O) groups excluding carboxylic acids is 1. The molecule has 2 heterocycles. The van der Waals surface area contributed by atoms with Gasteiger partial charge in [0.25, 0.3) is 0 Å². The minimum absolute atomic E-state index is 0.0380. The Morgan fingerprint density at radius 2 is 1.95 bits per heavy atom. The number of ether oxygens (including phenoxy) is 3. The lowest BCUT2D eigenvalue weighted by atomic mass is 9.76. The molecule has 1 fully saturated rings. The molecule has 2 aromatic rings. The van der Waals surface area contributed by atoms with Crippen LogP contribution in [0, 0.1) is 11.3 Å². The number of nitrogens with zero attached hydrogens (tertiary/aromatic N) is 2. The quantitative estimate of drug-likeness (QED) is 0.305. The minimum atomic E-state index is -0.859. The summed E-state index contributed by atoms with van der Waals surface area (Å²) in [5.41, 5.74) is 8.42. The lowest BCUT2D eigenvalue weighted by molar-refractivity contribution is -0.143. The zero-order chi connectivity index (χ0) is 30.4. The monoisotopic (exact) mass is 581 g/mol. The topological polar surface area (TPSA) is 115 Å². The summed E-state index contributed by atoms with van der Waals surface area (Å²) in [4.78, 5) is 31.0. The van der Waals surface area contributed by atoms with Crippen molar-refractivity contribution in [3.8, 4) is 17.2 Å². The van der Waals surface area contributed by atoms with Crippen LogP contribution in [0.2, 0.25) is 0 Å². The zero-order valence-electron chi connectivity index (χ0n) is 25.7. The molecule has 9 heteroatoms. The van der Waals surface area contributed by atoms with E-state index in [1.807, 2.05) is 41.3 Å². The van der Waals surface area contributed by atoms with Crippen molar-refractivity contribution in [2.45, 2.75) is 78.3 Å². The predicted molar refractivity (Wildman–Crippen MR) is 163 cm³/mol. The molecule has 2 aliphatic heterocycles. The average Bonchev–Trinajstić information content (AvgIpc) is 3.57. The van der Waals surface area contributed by atoms with E-state index in [1.54, 1.807) is 7.11 Å². The Hall–Kier alpha value is -3.30. The molecular formula is C33H47N3O6. The second-order valence-electron chi connectivity index (χ2n) is 12.3. The van der Waals surface area contributed by atoms with Gasteiger partial charge in [0.05, 0.1) is 19.6 Å². The van der Waals surface area contributed by atoms with Crippen LogP contribution in [0.15, 0.2) is 36.4 Å². The first-order valence-electron chi connectivity index (χ1n) is 15.2. The predicted octanol–water partition coefficient (Wildman–Crippen LogP) is 5.40. The number of amides is 1. The molecular weight excluding hydrogens is 534 g/mol. The molecule has 3 atom stereocenters. The number of hydrogen-bond acceptors (Lipinski definition) is 7. The summed E-state index contributed by atoms with van der Waals surface area (Å²) in [5.74, 6) is -0.352. The highest BCUT2D eigenvalue weighted by Gasteiger charge is 2.49. The number of carbonyl (C=O) groups is 2. The van der Waals surface area contributed by atoms with Crippen molar-refractivity contribution < 1.29 is 28.9 Å². The van der Waals surface area contributed by atoms with Gasteiger partial charge < -0.3 is 30.0 Å². The number of hydrogen-bond donors (Lipinski definition) is 2. The van der Waals surface area contributed by atoms with Crippen molar-refractivity contribution in [1.82, 2.24) is 4.90 Å². The number of anilines is 1. The number of benzene rings is 2. The molecule has 3 N–H and O–H groups in total. The van der Waals surface area contributed by atoms with Crippen LogP contribution >= 0.6 is 0 Å². The summed E-state index contributed by atoms with van der Waals surface area (Å²) < 4.78 is 16.8. The number of rotatable bonds is 14. The smallest absolute Gasteiger partial charge is 0.308 e. The summed E-state index contributed by atoms with van der Waals surface area (Å²) in [5, 5.41) is 10.7. The molecule has 2 aromatic carbocycles. The third-order valence-electron chi connectivity index (χ3n) is 8.66. The van der Waals surface area contributed by atoms with Gasteiger partial charge in [-0.05, 0) is 60.1 Å². The fraction of sp³-hybridized carbons (Fsp3) is 0.576. The number of methoxy groups -OCH3 is 1. The molecule has 0 aliphatic carbocycles. The van der Waals surface area contributed by atoms with Crippen LogP contribution in [0.5, 0.6) is 17.2 Å². The van der Waals surface area contributed by atoms with Crippen molar-refractivity contribution >= 4 is 17.6 Å². The van der Waals surface area contributed by atoms with Crippen LogP contribution < -0.4 is 24.8 Å². The molecule has 0 aromatic heterocycles. The van der Waals surface area contributed by atoms with Gasteiger partial charge in [-0.1, -0.05) is 52.7 Å². The Morgan fingerprint density at radius 3 is 2.62 bits per heavy atom. The fourth-order valence-corrected chi connectivity index (χ4v) is 6.62. The van der Waals surface area contributed by atoms with Crippen LogP contribution in [-0.2, 0) is 16.1 Å². The molecule has 0 spiro atoms. The summed E-state index contributed by atoms with van der Waals surface area (Å²) in [6.45, 7) is 10.3. The maximum Gasteiger partial charge on any atom is 0.308 e. The molecule has 4 rings (SSSR count). The minimum Gasteiger partial charge on any atom is -0.493 e. The third-order valence-corrected chi connectivity index (χ3v) is 8.66. The van der Waals surface area contributed by atoms with E-state index >= 15 is 0 Å². The van der Waals surface area contributed by atoms with Crippen LogP contribution in [-0.4, -0.2) is 61.5 Å². The summed E-state index contributed by atoms with van der Waals surface area (Å²) in [6, 6.07) is 11.2. The molecule has 1 saturated heterocycles. The third kappa shape index (κ3) is 7.01. The van der Waals surface area contributed by atoms with Gasteiger partial charge in [-0.25, -0.2) is 0 Å². The van der Waals surface area contributed by atoms with Crippen molar-refractivity contribution in [1.29, 1.82) is 0 Å². The van der Waals surface area contributed by atoms with Gasteiger partial charge in [0.2, 0.25) is 18.4 Å². The number of likely N-dealkylation sites (tertiary alicyclic amines) is 1. The summed E-state index contributed by atoms with van der Waals surface area (Å²) >= 11 is 0. The Labute approximate surface area is 249 Å². The summed E-state index contributed by atoms with van der Waals surface area (Å²) in [7, 11) is 1.57. The summed E-state index contributed by atoms with van der Waals surface area (Å²) in [6.07, 6.45) is 4.45. The largest absolute Gasteiger partial charge is 0.493 e. The first kappa shape index (κ1) is 31.6. The number of carboxylic acid groups (broad SMARTS) is 1. The van der Waals surface area contributed by atoms with Crippen molar-refractivity contribution in [2.75, 3.05) is 38.4 Å². The molecule has 2 aliphatic rings. The maximum atomic E-state index is 14.1. The van der Waals surface area contributed by atoms with Crippen LogP contribution in [0.3, 0.4) is 0 Å². The van der Waals surface area contributed by atoms with Gasteiger partial charge in [-0.15, -0.1) is 0 Å². The van der Waals surface area contributed by atoms with Gasteiger partial charge in [-0.2, -0.15) is 0 Å². The highest BCUT2D eigenvalue weighted by Crippen LogP contribution is 2.48. The molecule has 0 saturated carbocycles. The lowest BCUT2D eigenvalue weighted by Gasteiger charge is -2.35. The Bertz CT molecular complexity index is 1250. The van der Waals surface area contributed by atoms with Crippen LogP contribution in [0.1, 0.15) is 76.8 Å². The number of carboxylic acids is 1. The van der Waals surface area contributed by atoms with E-state index < -0.39 is 11.9 Å². The molecule has 230 valence electrons. The van der Waals surface area contributed by atoms with Gasteiger partial charge in [0, 0.05) is 37.3 Å². The zero-order valence-corrected chi connectivity index (χ0v) is 25.7. The fourth-order valence-electron chi connectivity index (χ4n) is 6.62. The lowest BCUT2D eigenvalue weighted by Crippen LogP contribution is -2.46. The van der Waals surface area contributed by atoms with E-state index in [0.717, 1.165) is 42.5 Å². The Balaban J connectivity index is 1.71. The van der Waals surface area contributed by atoms with Crippen molar-refractivity contribution in [3.63, 3.8) is 0 Å². The van der Waals surface area contributed by atoms with E-state index in [2.05, 4.69) is 32.6 Å². The van der Waals surface area contributed by atoms with Crippen LogP contribution in [0.4, 0.5) is 5.69 Å². The van der Waals surface area contributed by atoms with Crippen molar-refractivity contribution in [2.24, 2.45) is 17.1 Å². The number of aliphatic carboxylic acids is 1. The Morgan fingerprint density at radius 1 is 1.17 bits per heavy atom. The van der Waals surface area contributed by atoms with Crippen LogP contribution in [0.25, 0.3) is 0 Å². The second kappa shape index (κ2) is 13.8. The first-order valence-corrected chi connectivity index (χ1v) is 15.2. The highest BCUT2D eigenvalue weighted by atomic mass is 16.7. The molecule has 3 unspecified atom stereocenters. The first-order chi connectivity index (χ1) is 20.1. The van der Waals surface area contributed by atoms with E-state index in [9.17, 15) is 14.7 Å². The van der Waals surface area contributed by atoms with E-state index in [4.69, 9.17) is 19.9 Å². The number of fused-ring (bicyclic) bond motifs is 1. The standard InChI is InChI=1S/C33H47N3O6/c1-6-8-13-36(24-11-9-10-22(14-24)18-34)29(37)20-35-19-25(23-15-27(40-5)31-28(16-23)41-21-42-31)30(32(38)39)26(35)17-33(3,4)12-7-2/h9-11,14-16,25-26,30H,6-8,12-13,17-21,34H2,1-5H3,(H,38,39). The van der Waals surface area contributed by atoms with E-state index in [-0.39, 0.29) is 36.6 Å². The molecule has 1 amide bonds. The Kier molecular flexibility index (Phi) is 10.4. The van der Waals surface area contributed by atoms with Crippen molar-refractivity contribution in [3.05, 3.63) is 47.5 Å². The average molecular weight is 582 g/mol. The van der Waals surface area contributed by atoms with E-state index in [0.29, 0.717) is 43.3 Å². The molecule has 0 radical (unpaired) electrons. The number of nitrogens with two attached hydrogens (primary N) is 1. The SMILES string of the molecule is CCCCN(C(=O)CN1CC(c2cc(OC)c3c(c2)OCO3)C(C(=O)O)C1CC(C)(C)CCC)c1cccc(CN)c1.